The quantitative estimate of drug-likeness (QED) is 0.781. The molecule has 4 heterocycles. The third-order valence-electron chi connectivity index (χ3n) is 4.62. The molecule has 1 aliphatic heterocycles. The predicted octanol–water partition coefficient (Wildman–Crippen LogP) is 2.25. The maximum absolute atomic E-state index is 11.9. The fourth-order valence-corrected chi connectivity index (χ4v) is 4.43. The molecule has 0 bridgehead atoms. The van der Waals surface area contributed by atoms with Gasteiger partial charge in [-0.2, -0.15) is 0 Å². The van der Waals surface area contributed by atoms with Gasteiger partial charge in [0, 0.05) is 36.3 Å². The van der Waals surface area contributed by atoms with E-state index in [1.54, 1.807) is 16.7 Å². The SMILES string of the molecule is CS(=O)(=O)N1CCCC(c2cc[nH]c3cnc4nccc4c23)C1. The van der Waals surface area contributed by atoms with Gasteiger partial charge in [-0.3, -0.25) is 0 Å². The number of nitrogens with zero attached hydrogens (tertiary/aromatic N) is 3. The molecule has 1 saturated heterocycles. The first-order chi connectivity index (χ1) is 11.0. The van der Waals surface area contributed by atoms with E-state index in [0.29, 0.717) is 13.1 Å². The summed E-state index contributed by atoms with van der Waals surface area (Å²) in [5, 5.41) is 2.13. The van der Waals surface area contributed by atoms with Crippen molar-refractivity contribution in [2.45, 2.75) is 18.8 Å². The molecule has 0 aliphatic carbocycles. The van der Waals surface area contributed by atoms with Crippen molar-refractivity contribution in [3.63, 3.8) is 0 Å². The van der Waals surface area contributed by atoms with Crippen LogP contribution in [0.4, 0.5) is 0 Å². The Bertz CT molecular complexity index is 980. The van der Waals surface area contributed by atoms with Crippen molar-refractivity contribution in [3.05, 3.63) is 36.3 Å². The molecule has 0 spiro atoms. The molecule has 0 radical (unpaired) electrons. The Morgan fingerprint density at radius 1 is 1.30 bits per heavy atom. The lowest BCUT2D eigenvalue weighted by Crippen LogP contribution is -2.38. The van der Waals surface area contributed by atoms with Crippen molar-refractivity contribution in [2.75, 3.05) is 19.3 Å². The summed E-state index contributed by atoms with van der Waals surface area (Å²) >= 11 is 0. The molecule has 1 atom stereocenters. The normalized spacial score (nSPS) is 20.3. The lowest BCUT2D eigenvalue weighted by atomic mass is 9.89. The minimum Gasteiger partial charge on any atom is -0.360 e. The maximum Gasteiger partial charge on any atom is 0.211 e. The number of aromatic nitrogens is 3. The summed E-state index contributed by atoms with van der Waals surface area (Å²) in [6, 6.07) is 4.03. The zero-order valence-electron chi connectivity index (χ0n) is 12.9. The Labute approximate surface area is 134 Å². The van der Waals surface area contributed by atoms with Crippen molar-refractivity contribution in [1.29, 1.82) is 0 Å². The molecule has 0 aromatic carbocycles. The van der Waals surface area contributed by atoms with Gasteiger partial charge in [-0.1, -0.05) is 0 Å². The van der Waals surface area contributed by atoms with Crippen LogP contribution < -0.4 is 0 Å². The average molecular weight is 330 g/mol. The molecular weight excluding hydrogens is 312 g/mol. The highest BCUT2D eigenvalue weighted by Crippen LogP contribution is 2.34. The molecule has 1 unspecified atom stereocenters. The Morgan fingerprint density at radius 2 is 2.17 bits per heavy atom. The van der Waals surface area contributed by atoms with Crippen LogP contribution in [0.3, 0.4) is 0 Å². The zero-order chi connectivity index (χ0) is 16.0. The monoisotopic (exact) mass is 330 g/mol. The van der Waals surface area contributed by atoms with Crippen LogP contribution in [0.5, 0.6) is 0 Å². The molecule has 3 aromatic rings. The van der Waals surface area contributed by atoms with Gasteiger partial charge >= 0.3 is 0 Å². The Hall–Kier alpha value is -1.99. The van der Waals surface area contributed by atoms with Gasteiger partial charge < -0.3 is 4.98 Å². The summed E-state index contributed by atoms with van der Waals surface area (Å²) in [6.45, 7) is 1.15. The van der Waals surface area contributed by atoms with Crippen LogP contribution in [-0.2, 0) is 10.0 Å². The summed E-state index contributed by atoms with van der Waals surface area (Å²) in [5.41, 5.74) is 2.86. The van der Waals surface area contributed by atoms with Crippen LogP contribution in [0.15, 0.2) is 30.7 Å². The predicted molar refractivity (Wildman–Crippen MR) is 89.8 cm³/mol. The van der Waals surface area contributed by atoms with Gasteiger partial charge in [-0.25, -0.2) is 22.7 Å². The van der Waals surface area contributed by atoms with E-state index >= 15 is 0 Å². The highest BCUT2D eigenvalue weighted by molar-refractivity contribution is 7.88. The topological polar surface area (TPSA) is 79.0 Å². The van der Waals surface area contributed by atoms with Gasteiger partial charge in [-0.05, 0) is 36.5 Å². The smallest absolute Gasteiger partial charge is 0.211 e. The second-order valence-electron chi connectivity index (χ2n) is 6.12. The summed E-state index contributed by atoms with van der Waals surface area (Å²) in [5.74, 6) is 0.191. The van der Waals surface area contributed by atoms with E-state index in [-0.39, 0.29) is 5.92 Å². The average Bonchev–Trinajstić information content (AvgIpc) is 3.02. The molecule has 0 saturated carbocycles. The van der Waals surface area contributed by atoms with Gasteiger partial charge in [0.2, 0.25) is 10.0 Å². The first-order valence-corrected chi connectivity index (χ1v) is 9.55. The second-order valence-corrected chi connectivity index (χ2v) is 8.10. The van der Waals surface area contributed by atoms with Crippen LogP contribution in [0, 0.1) is 0 Å². The molecule has 1 fully saturated rings. The number of H-pyrrole nitrogens is 1. The highest BCUT2D eigenvalue weighted by atomic mass is 32.2. The van der Waals surface area contributed by atoms with Crippen molar-refractivity contribution < 1.29 is 8.42 Å². The van der Waals surface area contributed by atoms with E-state index in [1.165, 1.54) is 11.8 Å². The van der Waals surface area contributed by atoms with Gasteiger partial charge in [0.25, 0.3) is 0 Å². The lowest BCUT2D eigenvalue weighted by Gasteiger charge is -2.31. The molecule has 7 heteroatoms. The molecule has 4 rings (SSSR count). The molecule has 0 amide bonds. The molecule has 120 valence electrons. The summed E-state index contributed by atoms with van der Waals surface area (Å²) < 4.78 is 25.4. The number of hydrogen-bond donors (Lipinski definition) is 1. The number of nitrogens with one attached hydrogen (secondary N) is 1. The molecule has 1 N–H and O–H groups in total. The van der Waals surface area contributed by atoms with E-state index in [4.69, 9.17) is 0 Å². The number of fused-ring (bicyclic) bond motifs is 3. The standard InChI is InChI=1S/C16H18N4O2S/c1-23(21,22)20-8-2-3-11(10-20)12-4-6-17-14-9-19-16-13(15(12)14)5-7-18-16/h4-7,9,11,17H,2-3,8,10H2,1H3. The van der Waals surface area contributed by atoms with Gasteiger partial charge in [0.1, 0.15) is 0 Å². The fourth-order valence-electron chi connectivity index (χ4n) is 3.52. The number of aromatic amines is 1. The van der Waals surface area contributed by atoms with Crippen LogP contribution >= 0.6 is 0 Å². The highest BCUT2D eigenvalue weighted by Gasteiger charge is 2.28. The van der Waals surface area contributed by atoms with E-state index in [2.05, 4.69) is 21.0 Å². The van der Waals surface area contributed by atoms with E-state index in [0.717, 1.165) is 34.8 Å². The molecule has 6 nitrogen and oxygen atoms in total. The van der Waals surface area contributed by atoms with Crippen LogP contribution in [0.2, 0.25) is 0 Å². The second kappa shape index (κ2) is 5.28. The number of rotatable bonds is 2. The van der Waals surface area contributed by atoms with Crippen LogP contribution in [0.1, 0.15) is 24.3 Å². The summed E-state index contributed by atoms with van der Waals surface area (Å²) in [7, 11) is -3.15. The first-order valence-electron chi connectivity index (χ1n) is 7.70. The Morgan fingerprint density at radius 3 is 3.00 bits per heavy atom. The fraction of sp³-hybridized carbons (Fsp3) is 0.375. The van der Waals surface area contributed by atoms with E-state index < -0.39 is 10.0 Å². The number of sulfonamides is 1. The van der Waals surface area contributed by atoms with Crippen molar-refractivity contribution >= 4 is 32.0 Å². The summed E-state index contributed by atoms with van der Waals surface area (Å²) in [4.78, 5) is 11.9. The zero-order valence-corrected chi connectivity index (χ0v) is 13.7. The van der Waals surface area contributed by atoms with Gasteiger partial charge in [-0.15, -0.1) is 0 Å². The molecule has 3 aromatic heterocycles. The molecule has 23 heavy (non-hydrogen) atoms. The van der Waals surface area contributed by atoms with Gasteiger partial charge in [0.05, 0.1) is 18.0 Å². The van der Waals surface area contributed by atoms with Crippen molar-refractivity contribution in [2.24, 2.45) is 0 Å². The minimum atomic E-state index is -3.15. The Kier molecular flexibility index (Phi) is 3.35. The third-order valence-corrected chi connectivity index (χ3v) is 5.89. The summed E-state index contributed by atoms with van der Waals surface area (Å²) in [6.07, 6.45) is 8.62. The number of pyridine rings is 2. The molecular formula is C16H18N4O2S. The number of piperidine rings is 1. The van der Waals surface area contributed by atoms with Crippen LogP contribution in [0.25, 0.3) is 21.9 Å². The van der Waals surface area contributed by atoms with E-state index in [9.17, 15) is 8.42 Å². The third kappa shape index (κ3) is 2.49. The Balaban J connectivity index is 1.86. The van der Waals surface area contributed by atoms with E-state index in [1.807, 2.05) is 12.3 Å². The molecule has 1 aliphatic rings. The first kappa shape index (κ1) is 14.6. The maximum atomic E-state index is 11.9. The van der Waals surface area contributed by atoms with Crippen molar-refractivity contribution in [3.8, 4) is 0 Å². The minimum absolute atomic E-state index is 0.191. The van der Waals surface area contributed by atoms with Crippen LogP contribution in [-0.4, -0.2) is 47.0 Å². The van der Waals surface area contributed by atoms with Crippen molar-refractivity contribution in [1.82, 2.24) is 19.3 Å². The number of hydrogen-bond acceptors (Lipinski definition) is 4. The largest absolute Gasteiger partial charge is 0.360 e. The lowest BCUT2D eigenvalue weighted by molar-refractivity contribution is 0.318. The van der Waals surface area contributed by atoms with Gasteiger partial charge in [0.15, 0.2) is 5.65 Å².